The van der Waals surface area contributed by atoms with Crippen LogP contribution in [0.25, 0.3) is 0 Å². The summed E-state index contributed by atoms with van der Waals surface area (Å²) in [5.41, 5.74) is 0. The van der Waals surface area contributed by atoms with E-state index >= 15 is 0 Å². The molecule has 2 aliphatic carbocycles. The van der Waals surface area contributed by atoms with E-state index in [2.05, 4.69) is 20.8 Å². The van der Waals surface area contributed by atoms with Gasteiger partial charge in [-0.15, -0.1) is 0 Å². The molecular weight excluding hydrogens is 266 g/mol. The van der Waals surface area contributed by atoms with Gasteiger partial charge in [0.1, 0.15) is 0 Å². The fourth-order valence-electron chi connectivity index (χ4n) is 3.06. The molecule has 0 aromatic carbocycles. The number of halogens is 1. The molecule has 1 aliphatic heterocycles. The van der Waals surface area contributed by atoms with Crippen molar-refractivity contribution in [2.24, 2.45) is 17.8 Å². The topological polar surface area (TPSA) is 20.3 Å². The second-order valence-corrected chi connectivity index (χ2v) is 6.84. The summed E-state index contributed by atoms with van der Waals surface area (Å²) in [7, 11) is 0. The molecule has 0 N–H and O–H groups in total. The minimum atomic E-state index is 0.0975. The van der Waals surface area contributed by atoms with Crippen LogP contribution in [-0.4, -0.2) is 28.7 Å². The van der Waals surface area contributed by atoms with Gasteiger partial charge in [0, 0.05) is 13.1 Å². The first-order valence-electron chi connectivity index (χ1n) is 6.68. The Kier molecular flexibility index (Phi) is 2.99. The predicted octanol–water partition coefficient (Wildman–Crippen LogP) is 2.81. The first-order valence-corrected chi connectivity index (χ1v) is 7.60. The zero-order chi connectivity index (χ0) is 11.1. The summed E-state index contributed by atoms with van der Waals surface area (Å²) < 4.78 is 0. The van der Waals surface area contributed by atoms with Crippen molar-refractivity contribution < 1.29 is 4.79 Å². The van der Waals surface area contributed by atoms with Crippen LogP contribution < -0.4 is 0 Å². The van der Waals surface area contributed by atoms with Crippen LogP contribution in [-0.2, 0) is 4.79 Å². The normalized spacial score (nSPS) is 31.2. The van der Waals surface area contributed by atoms with Gasteiger partial charge >= 0.3 is 0 Å². The summed E-state index contributed by atoms with van der Waals surface area (Å²) in [6.45, 7) is 2.05. The number of hydrogen-bond acceptors (Lipinski definition) is 1. The smallest absolute Gasteiger partial charge is 0.236 e. The van der Waals surface area contributed by atoms with Gasteiger partial charge in [-0.25, -0.2) is 0 Å². The molecule has 3 heteroatoms. The van der Waals surface area contributed by atoms with E-state index in [0.29, 0.717) is 5.91 Å². The summed E-state index contributed by atoms with van der Waals surface area (Å²) in [4.78, 5) is 14.3. The van der Waals surface area contributed by atoms with E-state index in [1.807, 2.05) is 0 Å². The fourth-order valence-corrected chi connectivity index (χ4v) is 3.67. The van der Waals surface area contributed by atoms with Crippen LogP contribution in [0.1, 0.15) is 38.5 Å². The molecule has 1 heterocycles. The number of alkyl halides is 1. The zero-order valence-corrected chi connectivity index (χ0v) is 11.3. The fraction of sp³-hybridized carbons (Fsp3) is 0.923. The van der Waals surface area contributed by atoms with E-state index < -0.39 is 0 Å². The highest BCUT2D eigenvalue weighted by Crippen LogP contribution is 2.49. The second kappa shape index (κ2) is 4.32. The lowest BCUT2D eigenvalue weighted by Gasteiger charge is -2.33. The molecular formula is C13H20BrNO. The molecule has 0 aromatic rings. The Hall–Kier alpha value is -0.0500. The van der Waals surface area contributed by atoms with Crippen LogP contribution in [0.4, 0.5) is 0 Å². The standard InChI is InChI=1S/C13H20BrNO/c14-12-2-1-7-15(13(12)16)8-11(9-3-4-9)10-5-6-10/h9-12H,1-8H2. The third-order valence-corrected chi connectivity index (χ3v) is 5.20. The first kappa shape index (κ1) is 11.1. The minimum Gasteiger partial charge on any atom is -0.341 e. The zero-order valence-electron chi connectivity index (χ0n) is 9.70. The number of likely N-dealkylation sites (tertiary alicyclic amines) is 1. The molecule has 3 rings (SSSR count). The number of rotatable bonds is 4. The maximum atomic E-state index is 12.0. The van der Waals surface area contributed by atoms with Gasteiger partial charge in [-0.3, -0.25) is 4.79 Å². The lowest BCUT2D eigenvalue weighted by molar-refractivity contribution is -0.133. The van der Waals surface area contributed by atoms with Crippen molar-refractivity contribution in [3.05, 3.63) is 0 Å². The highest BCUT2D eigenvalue weighted by Gasteiger charge is 2.43. The van der Waals surface area contributed by atoms with Gasteiger partial charge in [-0.05, 0) is 56.3 Å². The van der Waals surface area contributed by atoms with Gasteiger partial charge in [0.2, 0.25) is 5.91 Å². The van der Waals surface area contributed by atoms with Gasteiger partial charge in [-0.2, -0.15) is 0 Å². The lowest BCUT2D eigenvalue weighted by atomic mass is 9.96. The molecule has 1 unspecified atom stereocenters. The van der Waals surface area contributed by atoms with Crippen molar-refractivity contribution in [2.45, 2.75) is 43.4 Å². The van der Waals surface area contributed by atoms with Crippen LogP contribution in [0.15, 0.2) is 0 Å². The molecule has 3 fully saturated rings. The number of carbonyl (C=O) groups excluding carboxylic acids is 1. The van der Waals surface area contributed by atoms with Crippen molar-refractivity contribution >= 4 is 21.8 Å². The second-order valence-electron chi connectivity index (χ2n) is 5.73. The quantitative estimate of drug-likeness (QED) is 0.728. The third kappa shape index (κ3) is 2.29. The molecule has 90 valence electrons. The molecule has 3 aliphatic rings. The Balaban J connectivity index is 1.61. The van der Waals surface area contributed by atoms with Gasteiger partial charge < -0.3 is 4.90 Å². The summed E-state index contributed by atoms with van der Waals surface area (Å²) in [5.74, 6) is 3.09. The first-order chi connectivity index (χ1) is 7.75. The van der Waals surface area contributed by atoms with E-state index in [4.69, 9.17) is 0 Å². The van der Waals surface area contributed by atoms with Gasteiger partial charge in [0.25, 0.3) is 0 Å². The van der Waals surface area contributed by atoms with Gasteiger partial charge in [-0.1, -0.05) is 15.9 Å². The minimum absolute atomic E-state index is 0.0975. The van der Waals surface area contributed by atoms with Crippen molar-refractivity contribution in [3.63, 3.8) is 0 Å². The number of carbonyl (C=O) groups is 1. The Bertz CT molecular complexity index is 274. The summed E-state index contributed by atoms with van der Waals surface area (Å²) >= 11 is 3.50. The maximum absolute atomic E-state index is 12.0. The molecule has 1 saturated heterocycles. The van der Waals surface area contributed by atoms with Crippen LogP contribution >= 0.6 is 15.9 Å². The molecule has 2 saturated carbocycles. The Morgan fingerprint density at radius 3 is 2.38 bits per heavy atom. The molecule has 0 spiro atoms. The molecule has 16 heavy (non-hydrogen) atoms. The van der Waals surface area contributed by atoms with Crippen LogP contribution in [0.2, 0.25) is 0 Å². The molecule has 0 aromatic heterocycles. The average molecular weight is 286 g/mol. The van der Waals surface area contributed by atoms with Crippen LogP contribution in [0.3, 0.4) is 0 Å². The SMILES string of the molecule is O=C1C(Br)CCCN1CC(C1CC1)C1CC1. The Labute approximate surface area is 106 Å². The van der Waals surface area contributed by atoms with Crippen molar-refractivity contribution in [2.75, 3.05) is 13.1 Å². The number of hydrogen-bond donors (Lipinski definition) is 0. The van der Waals surface area contributed by atoms with E-state index in [0.717, 1.165) is 37.3 Å². The van der Waals surface area contributed by atoms with E-state index in [9.17, 15) is 4.79 Å². The number of amides is 1. The van der Waals surface area contributed by atoms with Crippen LogP contribution in [0.5, 0.6) is 0 Å². The predicted molar refractivity (Wildman–Crippen MR) is 67.5 cm³/mol. The number of nitrogens with zero attached hydrogens (tertiary/aromatic N) is 1. The third-order valence-electron chi connectivity index (χ3n) is 4.35. The van der Waals surface area contributed by atoms with Gasteiger partial charge in [0.15, 0.2) is 0 Å². The maximum Gasteiger partial charge on any atom is 0.236 e. The monoisotopic (exact) mass is 285 g/mol. The molecule has 0 bridgehead atoms. The van der Waals surface area contributed by atoms with E-state index in [1.165, 1.54) is 32.1 Å². The van der Waals surface area contributed by atoms with Crippen molar-refractivity contribution in [1.29, 1.82) is 0 Å². The van der Waals surface area contributed by atoms with Crippen molar-refractivity contribution in [3.8, 4) is 0 Å². The Morgan fingerprint density at radius 1 is 1.19 bits per heavy atom. The molecule has 0 radical (unpaired) electrons. The number of piperidine rings is 1. The summed E-state index contributed by atoms with van der Waals surface area (Å²) in [6.07, 6.45) is 7.86. The molecule has 1 atom stereocenters. The summed E-state index contributed by atoms with van der Waals surface area (Å²) in [5, 5.41) is 0. The highest BCUT2D eigenvalue weighted by molar-refractivity contribution is 9.10. The summed E-state index contributed by atoms with van der Waals surface area (Å²) in [6, 6.07) is 0. The lowest BCUT2D eigenvalue weighted by Crippen LogP contribution is -2.44. The molecule has 1 amide bonds. The van der Waals surface area contributed by atoms with E-state index in [1.54, 1.807) is 0 Å². The highest BCUT2D eigenvalue weighted by atomic mass is 79.9. The van der Waals surface area contributed by atoms with Gasteiger partial charge in [0.05, 0.1) is 4.83 Å². The van der Waals surface area contributed by atoms with E-state index in [-0.39, 0.29) is 4.83 Å². The Morgan fingerprint density at radius 2 is 1.81 bits per heavy atom. The van der Waals surface area contributed by atoms with Crippen molar-refractivity contribution in [1.82, 2.24) is 4.90 Å². The molecule has 2 nitrogen and oxygen atoms in total. The largest absolute Gasteiger partial charge is 0.341 e. The van der Waals surface area contributed by atoms with Crippen LogP contribution in [0, 0.1) is 17.8 Å². The average Bonchev–Trinajstić information content (AvgIpc) is 3.15.